The summed E-state index contributed by atoms with van der Waals surface area (Å²) in [7, 11) is 0. The summed E-state index contributed by atoms with van der Waals surface area (Å²) in [5.74, 6) is -0.465. The molecular weight excluding hydrogens is 296 g/mol. The highest BCUT2D eigenvalue weighted by molar-refractivity contribution is 5.73. The number of esters is 2. The summed E-state index contributed by atoms with van der Waals surface area (Å²) in [6.45, 7) is 6.76. The molecule has 0 atom stereocenters. The van der Waals surface area contributed by atoms with Crippen LogP contribution < -0.4 is 0 Å². The average Bonchev–Trinajstić information content (AvgIpc) is 2.55. The van der Waals surface area contributed by atoms with Gasteiger partial charge in [0.1, 0.15) is 13.2 Å². The molecular formula is C18H34O5. The minimum atomic E-state index is -0.430. The van der Waals surface area contributed by atoms with Crippen LogP contribution in [0, 0.1) is 5.92 Å². The Bertz CT molecular complexity index is 300. The van der Waals surface area contributed by atoms with Crippen LogP contribution in [0.2, 0.25) is 0 Å². The highest BCUT2D eigenvalue weighted by Gasteiger charge is 2.10. The zero-order valence-corrected chi connectivity index (χ0v) is 15.1. The second-order valence-electron chi connectivity index (χ2n) is 5.85. The van der Waals surface area contributed by atoms with Crippen molar-refractivity contribution >= 4 is 11.9 Å². The first-order valence-electron chi connectivity index (χ1n) is 9.02. The molecule has 0 aromatic rings. The van der Waals surface area contributed by atoms with Gasteiger partial charge in [0.05, 0.1) is 13.2 Å². The fourth-order valence-electron chi connectivity index (χ4n) is 2.10. The maximum Gasteiger partial charge on any atom is 0.332 e. The van der Waals surface area contributed by atoms with Crippen LogP contribution in [0.1, 0.15) is 72.1 Å². The van der Waals surface area contributed by atoms with Crippen LogP contribution in [0.5, 0.6) is 0 Å². The fourth-order valence-corrected chi connectivity index (χ4v) is 2.10. The number of ether oxygens (including phenoxy) is 3. The van der Waals surface area contributed by atoms with Crippen molar-refractivity contribution in [3.63, 3.8) is 0 Å². The molecule has 0 heterocycles. The van der Waals surface area contributed by atoms with Gasteiger partial charge >= 0.3 is 11.9 Å². The van der Waals surface area contributed by atoms with Gasteiger partial charge in [-0.2, -0.15) is 0 Å². The summed E-state index contributed by atoms with van der Waals surface area (Å²) < 4.78 is 15.2. The number of carbonyl (C=O) groups excluding carboxylic acids is 2. The van der Waals surface area contributed by atoms with Crippen LogP contribution in [0.4, 0.5) is 0 Å². The molecule has 23 heavy (non-hydrogen) atoms. The first kappa shape index (κ1) is 21.9. The van der Waals surface area contributed by atoms with Gasteiger partial charge in [-0.25, -0.2) is 9.59 Å². The zero-order valence-electron chi connectivity index (χ0n) is 15.1. The lowest BCUT2D eigenvalue weighted by Gasteiger charge is -2.12. The number of rotatable bonds is 15. The van der Waals surface area contributed by atoms with Gasteiger partial charge in [-0.05, 0) is 12.3 Å². The summed E-state index contributed by atoms with van der Waals surface area (Å²) in [5.41, 5.74) is 0. The van der Waals surface area contributed by atoms with Crippen LogP contribution in [0.3, 0.4) is 0 Å². The minimum Gasteiger partial charge on any atom is -0.464 e. The van der Waals surface area contributed by atoms with E-state index in [2.05, 4.69) is 20.8 Å². The van der Waals surface area contributed by atoms with Crippen molar-refractivity contribution in [1.82, 2.24) is 0 Å². The summed E-state index contributed by atoms with van der Waals surface area (Å²) in [4.78, 5) is 22.9. The van der Waals surface area contributed by atoms with Gasteiger partial charge in [-0.3, -0.25) is 0 Å². The molecule has 136 valence electrons. The molecule has 0 bridgehead atoms. The molecule has 5 nitrogen and oxygen atoms in total. The molecule has 0 saturated carbocycles. The van der Waals surface area contributed by atoms with E-state index in [4.69, 9.17) is 14.2 Å². The predicted molar refractivity (Wildman–Crippen MR) is 90.2 cm³/mol. The van der Waals surface area contributed by atoms with Gasteiger partial charge in [0.15, 0.2) is 0 Å². The van der Waals surface area contributed by atoms with E-state index in [1.54, 1.807) is 0 Å². The topological polar surface area (TPSA) is 61.8 Å². The minimum absolute atomic E-state index is 0.198. The van der Waals surface area contributed by atoms with Crippen LogP contribution in [0.25, 0.3) is 0 Å². The van der Waals surface area contributed by atoms with Crippen molar-refractivity contribution in [2.24, 2.45) is 5.92 Å². The smallest absolute Gasteiger partial charge is 0.332 e. The van der Waals surface area contributed by atoms with Crippen LogP contribution >= 0.6 is 0 Å². The molecule has 0 aromatic carbocycles. The summed E-state index contributed by atoms with van der Waals surface area (Å²) in [6, 6.07) is 0. The Morgan fingerprint density at radius 1 is 0.783 bits per heavy atom. The van der Waals surface area contributed by atoms with Crippen LogP contribution in [-0.4, -0.2) is 38.4 Å². The third-order valence-corrected chi connectivity index (χ3v) is 3.84. The van der Waals surface area contributed by atoms with Gasteiger partial charge in [-0.1, -0.05) is 65.7 Å². The van der Waals surface area contributed by atoms with Crippen molar-refractivity contribution in [2.75, 3.05) is 26.4 Å². The molecule has 0 aliphatic heterocycles. The van der Waals surface area contributed by atoms with Crippen LogP contribution in [0.15, 0.2) is 0 Å². The number of unbranched alkanes of at least 4 members (excludes halogenated alkanes) is 5. The number of carbonyl (C=O) groups is 2. The molecule has 0 radical (unpaired) electrons. The summed E-state index contributed by atoms with van der Waals surface area (Å²) in [5, 5.41) is 0. The standard InChI is InChI=1S/C18H34O5/c1-4-7-8-9-10-11-12-22-17(19)14-21-15-18(20)23-13-16(5-2)6-3/h16H,4-15H2,1-3H3. The molecule has 0 rings (SSSR count). The van der Waals surface area contributed by atoms with E-state index in [-0.39, 0.29) is 13.2 Å². The Labute approximate surface area is 141 Å². The van der Waals surface area contributed by atoms with Gasteiger partial charge in [0, 0.05) is 0 Å². The Balaban J connectivity index is 3.46. The highest BCUT2D eigenvalue weighted by Crippen LogP contribution is 2.07. The molecule has 0 aliphatic rings. The Morgan fingerprint density at radius 3 is 1.96 bits per heavy atom. The quantitative estimate of drug-likeness (QED) is 0.337. The second-order valence-corrected chi connectivity index (χ2v) is 5.85. The maximum atomic E-state index is 11.4. The van der Waals surface area contributed by atoms with Crippen LogP contribution in [-0.2, 0) is 23.8 Å². The fraction of sp³-hybridized carbons (Fsp3) is 0.889. The second kappa shape index (κ2) is 15.8. The number of hydrogen-bond donors (Lipinski definition) is 0. The monoisotopic (exact) mass is 330 g/mol. The molecule has 5 heteroatoms. The Morgan fingerprint density at radius 2 is 1.35 bits per heavy atom. The molecule has 0 aliphatic carbocycles. The lowest BCUT2D eigenvalue weighted by Crippen LogP contribution is -2.20. The molecule has 0 amide bonds. The molecule has 0 unspecified atom stereocenters. The van der Waals surface area contributed by atoms with E-state index in [0.717, 1.165) is 25.7 Å². The predicted octanol–water partition coefficient (Wildman–Crippen LogP) is 3.89. The van der Waals surface area contributed by atoms with Crippen molar-refractivity contribution in [2.45, 2.75) is 72.1 Å². The van der Waals surface area contributed by atoms with E-state index in [1.807, 2.05) is 0 Å². The lowest BCUT2D eigenvalue weighted by molar-refractivity contribution is -0.156. The molecule has 0 saturated heterocycles. The largest absolute Gasteiger partial charge is 0.464 e. The van der Waals surface area contributed by atoms with E-state index in [1.165, 1.54) is 25.7 Å². The van der Waals surface area contributed by atoms with Gasteiger partial charge in [-0.15, -0.1) is 0 Å². The van der Waals surface area contributed by atoms with Crippen molar-refractivity contribution in [3.05, 3.63) is 0 Å². The van der Waals surface area contributed by atoms with Crippen molar-refractivity contribution in [1.29, 1.82) is 0 Å². The SMILES string of the molecule is CCCCCCCCOC(=O)COCC(=O)OCC(CC)CC. The number of hydrogen-bond acceptors (Lipinski definition) is 5. The molecule has 0 N–H and O–H groups in total. The zero-order chi connectivity index (χ0) is 17.3. The summed E-state index contributed by atoms with van der Waals surface area (Å²) >= 11 is 0. The highest BCUT2D eigenvalue weighted by atomic mass is 16.6. The summed E-state index contributed by atoms with van der Waals surface area (Å²) in [6.07, 6.45) is 8.85. The van der Waals surface area contributed by atoms with Crippen molar-refractivity contribution < 1.29 is 23.8 Å². The third kappa shape index (κ3) is 14.2. The Hall–Kier alpha value is -1.10. The Kier molecular flexibility index (Phi) is 15.0. The van der Waals surface area contributed by atoms with Gasteiger partial charge in [0.2, 0.25) is 0 Å². The molecule has 0 fully saturated rings. The first-order valence-corrected chi connectivity index (χ1v) is 9.02. The van der Waals surface area contributed by atoms with E-state index in [0.29, 0.717) is 19.1 Å². The first-order chi connectivity index (χ1) is 11.1. The third-order valence-electron chi connectivity index (χ3n) is 3.84. The lowest BCUT2D eigenvalue weighted by atomic mass is 10.1. The molecule has 0 aromatic heterocycles. The van der Waals surface area contributed by atoms with Gasteiger partial charge in [0.25, 0.3) is 0 Å². The van der Waals surface area contributed by atoms with E-state index in [9.17, 15) is 9.59 Å². The van der Waals surface area contributed by atoms with Gasteiger partial charge < -0.3 is 14.2 Å². The maximum absolute atomic E-state index is 11.4. The molecule has 0 spiro atoms. The van der Waals surface area contributed by atoms with E-state index >= 15 is 0 Å². The van der Waals surface area contributed by atoms with Crippen molar-refractivity contribution in [3.8, 4) is 0 Å². The normalized spacial score (nSPS) is 10.8. The van der Waals surface area contributed by atoms with E-state index < -0.39 is 11.9 Å². The average molecular weight is 330 g/mol.